The van der Waals surface area contributed by atoms with E-state index in [9.17, 15) is 37.0 Å². The highest BCUT2D eigenvalue weighted by Crippen LogP contribution is 2.37. The fourth-order valence-electron chi connectivity index (χ4n) is 4.29. The Morgan fingerprint density at radius 3 is 2.57 bits per heavy atom. The molecule has 1 amide bonds. The fraction of sp³-hybridized carbons (Fsp3) is 0.577. The molecule has 0 spiro atoms. The molecule has 0 radical (unpaired) electrons. The third-order valence-electron chi connectivity index (χ3n) is 6.20. The molecule has 1 aliphatic carbocycles. The van der Waals surface area contributed by atoms with Crippen LogP contribution in [0.15, 0.2) is 48.6 Å². The summed E-state index contributed by atoms with van der Waals surface area (Å²) in [7, 11) is 0. The third-order valence-corrected chi connectivity index (χ3v) is 6.20. The third kappa shape index (κ3) is 9.72. The van der Waals surface area contributed by atoms with Crippen LogP contribution >= 0.6 is 0 Å². The van der Waals surface area contributed by atoms with Crippen molar-refractivity contribution in [2.45, 2.75) is 76.2 Å². The molecular formula is C26H34F5NO3. The van der Waals surface area contributed by atoms with Gasteiger partial charge in [-0.2, -0.15) is 13.2 Å². The van der Waals surface area contributed by atoms with Gasteiger partial charge in [0.15, 0.2) is 0 Å². The summed E-state index contributed by atoms with van der Waals surface area (Å²) in [6.07, 6.45) is 0.588. The van der Waals surface area contributed by atoms with Gasteiger partial charge in [0.05, 0.1) is 17.8 Å². The van der Waals surface area contributed by atoms with E-state index in [1.807, 2.05) is 19.1 Å². The smallest absolute Gasteiger partial charge is 0.393 e. The first-order valence-corrected chi connectivity index (χ1v) is 11.9. The molecule has 2 rings (SSSR count). The zero-order valence-corrected chi connectivity index (χ0v) is 19.8. The maximum Gasteiger partial charge on any atom is 0.416 e. The van der Waals surface area contributed by atoms with Crippen LogP contribution < -0.4 is 5.32 Å². The number of carbonyl (C=O) groups is 1. The number of alkyl halides is 5. The van der Waals surface area contributed by atoms with E-state index in [2.05, 4.69) is 5.32 Å². The van der Waals surface area contributed by atoms with Gasteiger partial charge in [-0.25, -0.2) is 8.78 Å². The Morgan fingerprint density at radius 2 is 1.89 bits per heavy atom. The zero-order valence-electron chi connectivity index (χ0n) is 19.8. The molecule has 4 atom stereocenters. The normalized spacial score (nSPS) is 23.4. The van der Waals surface area contributed by atoms with E-state index in [1.54, 1.807) is 0 Å². The number of nitrogens with one attached hydrogen (secondary N) is 1. The van der Waals surface area contributed by atoms with Crippen LogP contribution in [0.2, 0.25) is 0 Å². The SMILES string of the molecule is CCNC(=O)CCC/C=C/C[C@H]1C(O)CC(O)[C@@H]1/C=C/C(F)(F)CCc1cccc(C(F)(F)F)c1. The molecule has 0 aromatic heterocycles. The molecule has 1 fully saturated rings. The predicted octanol–water partition coefficient (Wildman–Crippen LogP) is 5.44. The maximum absolute atomic E-state index is 14.5. The number of amides is 1. The van der Waals surface area contributed by atoms with Gasteiger partial charge < -0.3 is 15.5 Å². The minimum absolute atomic E-state index is 0.0191. The molecule has 1 aliphatic rings. The lowest BCUT2D eigenvalue weighted by molar-refractivity contribution is -0.137. The first-order chi connectivity index (χ1) is 16.4. The van der Waals surface area contributed by atoms with Crippen molar-refractivity contribution in [2.75, 3.05) is 6.54 Å². The summed E-state index contributed by atoms with van der Waals surface area (Å²) in [6, 6.07) is 4.34. The topological polar surface area (TPSA) is 69.6 Å². The molecule has 35 heavy (non-hydrogen) atoms. The van der Waals surface area contributed by atoms with Gasteiger partial charge in [-0.15, -0.1) is 0 Å². The van der Waals surface area contributed by atoms with Crippen molar-refractivity contribution in [3.8, 4) is 0 Å². The van der Waals surface area contributed by atoms with Gasteiger partial charge in [0.1, 0.15) is 0 Å². The quantitative estimate of drug-likeness (QED) is 0.202. The largest absolute Gasteiger partial charge is 0.416 e. The first-order valence-electron chi connectivity index (χ1n) is 11.9. The summed E-state index contributed by atoms with van der Waals surface area (Å²) in [4.78, 5) is 11.4. The molecule has 196 valence electrons. The molecule has 4 nitrogen and oxygen atoms in total. The minimum atomic E-state index is -4.54. The Morgan fingerprint density at radius 1 is 1.14 bits per heavy atom. The molecule has 2 unspecified atom stereocenters. The van der Waals surface area contributed by atoms with E-state index < -0.39 is 48.1 Å². The van der Waals surface area contributed by atoms with Crippen molar-refractivity contribution in [1.29, 1.82) is 0 Å². The van der Waals surface area contributed by atoms with E-state index in [-0.39, 0.29) is 24.3 Å². The molecule has 1 aromatic rings. The summed E-state index contributed by atoms with van der Waals surface area (Å²) in [5.41, 5.74) is -0.712. The second kappa shape index (κ2) is 13.2. The number of halogens is 5. The van der Waals surface area contributed by atoms with Gasteiger partial charge in [0, 0.05) is 31.7 Å². The van der Waals surface area contributed by atoms with Crippen LogP contribution in [0.5, 0.6) is 0 Å². The van der Waals surface area contributed by atoms with Crippen LogP contribution in [0.4, 0.5) is 22.0 Å². The summed E-state index contributed by atoms with van der Waals surface area (Å²) in [5, 5.41) is 23.3. The standard InChI is InChI=1S/C26H34F5NO3/c1-2-32-24(35)11-6-4-3-5-10-20-21(23(34)17-22(20)33)13-15-25(27,28)14-12-18-8-7-9-19(16-18)26(29,30)31/h3,5,7-9,13,15-16,20-23,33-34H,2,4,6,10-12,14,17H2,1H3,(H,32,35)/b5-3+,15-13+/t20-,21-,22?,23?/m1/s1. The molecule has 1 saturated carbocycles. The lowest BCUT2D eigenvalue weighted by atomic mass is 9.89. The van der Waals surface area contributed by atoms with Crippen LogP contribution in [0.1, 0.15) is 56.6 Å². The Balaban J connectivity index is 1.91. The minimum Gasteiger partial charge on any atom is -0.393 e. The van der Waals surface area contributed by atoms with E-state index in [0.29, 0.717) is 38.3 Å². The summed E-state index contributed by atoms with van der Waals surface area (Å²) in [5.74, 6) is -4.39. The van der Waals surface area contributed by atoms with Gasteiger partial charge >= 0.3 is 6.18 Å². The second-order valence-corrected chi connectivity index (χ2v) is 8.98. The first kappa shape index (κ1) is 29.0. The van der Waals surface area contributed by atoms with Crippen molar-refractivity contribution in [3.63, 3.8) is 0 Å². The van der Waals surface area contributed by atoms with Crippen molar-refractivity contribution >= 4 is 5.91 Å². The van der Waals surface area contributed by atoms with Crippen molar-refractivity contribution in [3.05, 3.63) is 59.7 Å². The highest BCUT2D eigenvalue weighted by Gasteiger charge is 2.40. The highest BCUT2D eigenvalue weighted by molar-refractivity contribution is 5.75. The van der Waals surface area contributed by atoms with Gasteiger partial charge in [-0.3, -0.25) is 4.79 Å². The van der Waals surface area contributed by atoms with Gasteiger partial charge in [0.25, 0.3) is 5.92 Å². The number of allylic oxidation sites excluding steroid dienone is 3. The molecule has 9 heteroatoms. The number of aryl methyl sites for hydroxylation is 1. The maximum atomic E-state index is 14.5. The number of rotatable bonds is 12. The van der Waals surface area contributed by atoms with Crippen LogP contribution in [0.25, 0.3) is 0 Å². The van der Waals surface area contributed by atoms with Crippen LogP contribution in [0, 0.1) is 11.8 Å². The molecule has 0 aliphatic heterocycles. The second-order valence-electron chi connectivity index (χ2n) is 8.98. The highest BCUT2D eigenvalue weighted by atomic mass is 19.4. The van der Waals surface area contributed by atoms with Gasteiger partial charge in [-0.05, 0) is 56.2 Å². The van der Waals surface area contributed by atoms with Crippen LogP contribution in [-0.2, 0) is 17.4 Å². The lowest BCUT2D eigenvalue weighted by Crippen LogP contribution is -2.22. The van der Waals surface area contributed by atoms with Gasteiger partial charge in [0.2, 0.25) is 5.91 Å². The molecule has 0 heterocycles. The molecule has 0 saturated heterocycles. The molecule has 1 aromatic carbocycles. The average molecular weight is 504 g/mol. The van der Waals surface area contributed by atoms with E-state index >= 15 is 0 Å². The van der Waals surface area contributed by atoms with Gasteiger partial charge in [-0.1, -0.05) is 36.4 Å². The number of unbranched alkanes of at least 4 members (excludes halogenated alkanes) is 1. The van der Waals surface area contributed by atoms with Crippen LogP contribution in [0.3, 0.4) is 0 Å². The van der Waals surface area contributed by atoms with Crippen LogP contribution in [-0.4, -0.2) is 40.8 Å². The number of aliphatic hydroxyl groups is 2. The Labute approximate surface area is 202 Å². The zero-order chi connectivity index (χ0) is 26.1. The Kier molecular flexibility index (Phi) is 10.9. The Bertz CT molecular complexity index is 869. The number of aliphatic hydroxyl groups excluding tert-OH is 2. The monoisotopic (exact) mass is 503 g/mol. The van der Waals surface area contributed by atoms with E-state index in [4.69, 9.17) is 0 Å². The number of benzene rings is 1. The fourth-order valence-corrected chi connectivity index (χ4v) is 4.29. The number of hydrogen-bond donors (Lipinski definition) is 3. The van der Waals surface area contributed by atoms with E-state index in [0.717, 1.165) is 12.1 Å². The Hall–Kier alpha value is -2.26. The molecular weight excluding hydrogens is 469 g/mol. The van der Waals surface area contributed by atoms with E-state index in [1.165, 1.54) is 18.2 Å². The summed E-state index contributed by atoms with van der Waals surface area (Å²) < 4.78 is 67.4. The predicted molar refractivity (Wildman–Crippen MR) is 124 cm³/mol. The van der Waals surface area contributed by atoms with Crippen molar-refractivity contribution < 1.29 is 37.0 Å². The molecule has 0 bridgehead atoms. The number of carbonyl (C=O) groups excluding carboxylic acids is 1. The summed E-state index contributed by atoms with van der Waals surface area (Å²) in [6.45, 7) is 2.42. The lowest BCUT2D eigenvalue weighted by Gasteiger charge is -2.20. The molecule has 3 N–H and O–H groups in total. The summed E-state index contributed by atoms with van der Waals surface area (Å²) >= 11 is 0. The number of hydrogen-bond acceptors (Lipinski definition) is 3. The van der Waals surface area contributed by atoms with Crippen molar-refractivity contribution in [1.82, 2.24) is 5.32 Å². The average Bonchev–Trinajstić information content (AvgIpc) is 3.05. The van der Waals surface area contributed by atoms with Crippen molar-refractivity contribution in [2.24, 2.45) is 11.8 Å².